The lowest BCUT2D eigenvalue weighted by molar-refractivity contribution is 0.944. The van der Waals surface area contributed by atoms with Crippen LogP contribution in [0.25, 0.3) is 17.0 Å². The quantitative estimate of drug-likeness (QED) is 0.331. The Kier molecular flexibility index (Phi) is 4.52. The van der Waals surface area contributed by atoms with E-state index in [0.717, 1.165) is 17.0 Å². The number of halogens is 1. The lowest BCUT2D eigenvalue weighted by Crippen LogP contribution is -2.02. The predicted molar refractivity (Wildman–Crippen MR) is 107 cm³/mol. The van der Waals surface area contributed by atoms with Gasteiger partial charge in [-0.1, -0.05) is 35.9 Å². The second kappa shape index (κ2) is 7.13. The van der Waals surface area contributed by atoms with Crippen LogP contribution < -0.4 is 5.43 Å². The first kappa shape index (κ1) is 17.1. The second-order valence-corrected chi connectivity index (χ2v) is 6.32. The zero-order chi connectivity index (χ0) is 18.8. The molecule has 0 radical (unpaired) electrons. The van der Waals surface area contributed by atoms with Gasteiger partial charge in [-0.05, 0) is 43.1 Å². The van der Waals surface area contributed by atoms with E-state index in [2.05, 4.69) is 30.5 Å². The first-order chi connectivity index (χ1) is 13.1. The van der Waals surface area contributed by atoms with Crippen molar-refractivity contribution in [1.29, 1.82) is 0 Å². The summed E-state index contributed by atoms with van der Waals surface area (Å²) < 4.78 is 1.83. The SMILES string of the molecule is Cc1cccc(/C=N/Nc2nc(Cl)nc3c2nc(C)n3-c2ccccn2)c1. The monoisotopic (exact) mass is 377 g/mol. The average Bonchev–Trinajstić information content (AvgIpc) is 2.98. The lowest BCUT2D eigenvalue weighted by atomic mass is 10.2. The summed E-state index contributed by atoms with van der Waals surface area (Å²) in [7, 11) is 0. The third-order valence-electron chi connectivity index (χ3n) is 3.95. The molecule has 0 spiro atoms. The third-order valence-corrected chi connectivity index (χ3v) is 4.12. The van der Waals surface area contributed by atoms with Gasteiger partial charge in [0, 0.05) is 6.20 Å². The highest BCUT2D eigenvalue weighted by atomic mass is 35.5. The van der Waals surface area contributed by atoms with Gasteiger partial charge in [-0.3, -0.25) is 9.99 Å². The highest BCUT2D eigenvalue weighted by Gasteiger charge is 2.17. The Bertz CT molecular complexity index is 1140. The van der Waals surface area contributed by atoms with Gasteiger partial charge in [-0.25, -0.2) is 9.97 Å². The molecule has 4 aromatic rings. The van der Waals surface area contributed by atoms with E-state index in [-0.39, 0.29) is 5.28 Å². The first-order valence-corrected chi connectivity index (χ1v) is 8.69. The van der Waals surface area contributed by atoms with Crippen LogP contribution in [0.5, 0.6) is 0 Å². The Morgan fingerprint density at radius 3 is 2.74 bits per heavy atom. The molecule has 27 heavy (non-hydrogen) atoms. The third kappa shape index (κ3) is 3.50. The van der Waals surface area contributed by atoms with E-state index in [1.54, 1.807) is 12.4 Å². The smallest absolute Gasteiger partial charge is 0.226 e. The van der Waals surface area contributed by atoms with Crippen molar-refractivity contribution in [2.45, 2.75) is 13.8 Å². The van der Waals surface area contributed by atoms with Crippen LogP contribution in [0, 0.1) is 13.8 Å². The number of aromatic nitrogens is 5. The molecule has 0 fully saturated rings. The molecule has 8 heteroatoms. The maximum atomic E-state index is 6.13. The van der Waals surface area contributed by atoms with Gasteiger partial charge in [0.15, 0.2) is 17.0 Å². The summed E-state index contributed by atoms with van der Waals surface area (Å²) in [6, 6.07) is 13.7. The zero-order valence-corrected chi connectivity index (χ0v) is 15.5. The lowest BCUT2D eigenvalue weighted by Gasteiger charge is -2.05. The van der Waals surface area contributed by atoms with Crippen molar-refractivity contribution in [3.05, 3.63) is 70.9 Å². The van der Waals surface area contributed by atoms with Crippen LogP contribution in [0.2, 0.25) is 5.28 Å². The largest absolute Gasteiger partial charge is 0.264 e. The minimum atomic E-state index is 0.104. The Hall–Kier alpha value is -3.32. The number of anilines is 1. The van der Waals surface area contributed by atoms with Crippen molar-refractivity contribution in [3.8, 4) is 5.82 Å². The molecule has 0 atom stereocenters. The number of hydrogen-bond acceptors (Lipinski definition) is 6. The van der Waals surface area contributed by atoms with Gasteiger partial charge in [0.1, 0.15) is 11.6 Å². The van der Waals surface area contributed by atoms with Gasteiger partial charge in [0.25, 0.3) is 0 Å². The first-order valence-electron chi connectivity index (χ1n) is 8.31. The van der Waals surface area contributed by atoms with Crippen LogP contribution in [0.1, 0.15) is 17.0 Å². The Morgan fingerprint density at radius 1 is 1.07 bits per heavy atom. The number of nitrogens with zero attached hydrogens (tertiary/aromatic N) is 6. The number of rotatable bonds is 4. The maximum Gasteiger partial charge on any atom is 0.226 e. The van der Waals surface area contributed by atoms with Gasteiger partial charge in [-0.2, -0.15) is 15.1 Å². The summed E-state index contributed by atoms with van der Waals surface area (Å²) in [5.74, 6) is 1.87. The van der Waals surface area contributed by atoms with Crippen molar-refractivity contribution in [2.24, 2.45) is 5.10 Å². The number of pyridine rings is 1. The highest BCUT2D eigenvalue weighted by Crippen LogP contribution is 2.25. The molecule has 0 saturated carbocycles. The van der Waals surface area contributed by atoms with Gasteiger partial charge in [0.2, 0.25) is 5.28 Å². The molecular formula is C19H16ClN7. The van der Waals surface area contributed by atoms with E-state index in [9.17, 15) is 0 Å². The summed E-state index contributed by atoms with van der Waals surface area (Å²) in [6.45, 7) is 3.91. The molecule has 0 amide bonds. The van der Waals surface area contributed by atoms with E-state index < -0.39 is 0 Å². The fraction of sp³-hybridized carbons (Fsp3) is 0.105. The second-order valence-electron chi connectivity index (χ2n) is 5.98. The molecule has 0 bridgehead atoms. The van der Waals surface area contributed by atoms with Crippen LogP contribution in [0.15, 0.2) is 53.8 Å². The number of aryl methyl sites for hydroxylation is 2. The number of imidazole rings is 1. The van der Waals surface area contributed by atoms with Crippen molar-refractivity contribution in [2.75, 3.05) is 5.43 Å². The minimum absolute atomic E-state index is 0.104. The Labute approximate surface area is 160 Å². The molecular weight excluding hydrogens is 362 g/mol. The van der Waals surface area contributed by atoms with Crippen molar-refractivity contribution >= 4 is 34.8 Å². The molecule has 0 unspecified atom stereocenters. The van der Waals surface area contributed by atoms with E-state index in [1.165, 1.54) is 0 Å². The van der Waals surface area contributed by atoms with Crippen molar-refractivity contribution < 1.29 is 0 Å². The van der Waals surface area contributed by atoms with E-state index in [1.807, 2.05) is 60.9 Å². The van der Waals surface area contributed by atoms with Gasteiger partial charge >= 0.3 is 0 Å². The van der Waals surface area contributed by atoms with Crippen LogP contribution in [0.4, 0.5) is 5.82 Å². The van der Waals surface area contributed by atoms with Crippen LogP contribution in [-0.4, -0.2) is 30.7 Å². The fourth-order valence-corrected chi connectivity index (χ4v) is 2.96. The zero-order valence-electron chi connectivity index (χ0n) is 14.8. The molecule has 0 aliphatic carbocycles. The molecule has 0 saturated heterocycles. The molecule has 3 aromatic heterocycles. The summed E-state index contributed by atoms with van der Waals surface area (Å²) in [6.07, 6.45) is 3.44. The summed E-state index contributed by atoms with van der Waals surface area (Å²) in [5.41, 5.74) is 6.21. The number of benzene rings is 1. The van der Waals surface area contributed by atoms with Crippen molar-refractivity contribution in [3.63, 3.8) is 0 Å². The number of hydrogen-bond donors (Lipinski definition) is 1. The van der Waals surface area contributed by atoms with E-state index in [4.69, 9.17) is 11.6 Å². The summed E-state index contributed by atoms with van der Waals surface area (Å²) in [4.78, 5) is 17.5. The molecule has 1 N–H and O–H groups in total. The van der Waals surface area contributed by atoms with Gasteiger partial charge < -0.3 is 0 Å². The molecule has 0 aliphatic heterocycles. The molecule has 3 heterocycles. The Balaban J connectivity index is 1.74. The van der Waals surface area contributed by atoms with E-state index in [0.29, 0.717) is 22.8 Å². The molecule has 134 valence electrons. The topological polar surface area (TPSA) is 80.9 Å². The standard InChI is InChI=1S/C19H16ClN7/c1-12-6-5-7-14(10-12)11-22-26-17-16-18(25-19(20)24-17)27(13(2)23-16)15-8-3-4-9-21-15/h3-11H,1-2H3,(H,24,25,26)/b22-11+. The number of fused-ring (bicyclic) bond motifs is 1. The summed E-state index contributed by atoms with van der Waals surface area (Å²) >= 11 is 6.13. The van der Waals surface area contributed by atoms with Gasteiger partial charge in [-0.15, -0.1) is 0 Å². The molecule has 1 aromatic carbocycles. The highest BCUT2D eigenvalue weighted by molar-refractivity contribution is 6.28. The fourth-order valence-electron chi connectivity index (χ4n) is 2.80. The van der Waals surface area contributed by atoms with Crippen LogP contribution in [0.3, 0.4) is 0 Å². The van der Waals surface area contributed by atoms with E-state index >= 15 is 0 Å². The summed E-state index contributed by atoms with van der Waals surface area (Å²) in [5, 5.41) is 4.37. The molecule has 4 rings (SSSR count). The number of hydrazone groups is 1. The normalized spacial score (nSPS) is 11.4. The van der Waals surface area contributed by atoms with Crippen molar-refractivity contribution in [1.82, 2.24) is 24.5 Å². The maximum absolute atomic E-state index is 6.13. The number of nitrogens with one attached hydrogen (secondary N) is 1. The Morgan fingerprint density at radius 2 is 1.96 bits per heavy atom. The minimum Gasteiger partial charge on any atom is -0.264 e. The molecule has 0 aliphatic rings. The predicted octanol–water partition coefficient (Wildman–Crippen LogP) is 3.93. The van der Waals surface area contributed by atoms with Gasteiger partial charge in [0.05, 0.1) is 6.21 Å². The van der Waals surface area contributed by atoms with Crippen LogP contribution in [-0.2, 0) is 0 Å². The average molecular weight is 378 g/mol. The van der Waals surface area contributed by atoms with Crippen LogP contribution >= 0.6 is 11.6 Å². The molecule has 7 nitrogen and oxygen atoms in total.